The number of likely N-dealkylation sites (tertiary alicyclic amines) is 2. The number of hydrogen-bond donors (Lipinski definition) is 1. The van der Waals surface area contributed by atoms with Crippen LogP contribution in [0.5, 0.6) is 5.75 Å². The molecule has 3 aliphatic rings. The third-order valence-corrected chi connectivity index (χ3v) is 8.62. The second kappa shape index (κ2) is 13.9. The Kier molecular flexibility index (Phi) is 9.77. The Morgan fingerprint density at radius 2 is 1.64 bits per heavy atom. The zero-order chi connectivity index (χ0) is 29.5. The molecule has 4 heterocycles. The topological polar surface area (TPSA) is 90.9 Å². The van der Waals surface area contributed by atoms with Gasteiger partial charge in [-0.1, -0.05) is 13.8 Å². The summed E-state index contributed by atoms with van der Waals surface area (Å²) in [6, 6.07) is 14.2. The number of aromatic nitrogens is 2. The molecule has 0 radical (unpaired) electrons. The van der Waals surface area contributed by atoms with E-state index >= 15 is 0 Å². The average Bonchev–Trinajstić information content (AvgIpc) is 3.74. The van der Waals surface area contributed by atoms with Gasteiger partial charge < -0.3 is 24.8 Å². The molecule has 3 saturated heterocycles. The fourth-order valence-corrected chi connectivity index (χ4v) is 6.38. The van der Waals surface area contributed by atoms with Crippen molar-refractivity contribution in [3.05, 3.63) is 54.5 Å². The number of carbonyl (C=O) groups excluding carboxylic acids is 2. The Labute approximate surface area is 249 Å². The average molecular weight is 573 g/mol. The third kappa shape index (κ3) is 6.77. The number of anilines is 2. The van der Waals surface area contributed by atoms with Crippen LogP contribution in [0, 0.1) is 0 Å². The van der Waals surface area contributed by atoms with E-state index in [0.29, 0.717) is 19.7 Å². The molecule has 0 saturated carbocycles. The summed E-state index contributed by atoms with van der Waals surface area (Å²) in [5, 5.41) is 4.10. The Balaban J connectivity index is 0.00000173. The molecular weight excluding hydrogens is 528 g/mol. The molecule has 2 aromatic carbocycles. The van der Waals surface area contributed by atoms with E-state index in [4.69, 9.17) is 4.74 Å². The molecule has 9 nitrogen and oxygen atoms in total. The van der Waals surface area contributed by atoms with Crippen molar-refractivity contribution >= 4 is 34.2 Å². The lowest BCUT2D eigenvalue weighted by Gasteiger charge is -2.32. The molecule has 1 N–H and O–H groups in total. The molecule has 0 bridgehead atoms. The number of nitrogens with one attached hydrogen (secondary N) is 1. The van der Waals surface area contributed by atoms with Crippen molar-refractivity contribution in [1.29, 1.82) is 0 Å². The van der Waals surface area contributed by atoms with Crippen LogP contribution in [0.1, 0.15) is 70.9 Å². The van der Waals surface area contributed by atoms with Crippen LogP contribution in [0.15, 0.2) is 48.8 Å². The van der Waals surface area contributed by atoms with Crippen LogP contribution in [0.2, 0.25) is 0 Å². The van der Waals surface area contributed by atoms with Gasteiger partial charge in [-0.2, -0.15) is 0 Å². The minimum atomic E-state index is -0.0488. The van der Waals surface area contributed by atoms with Crippen molar-refractivity contribution in [2.45, 2.75) is 71.3 Å². The van der Waals surface area contributed by atoms with Crippen molar-refractivity contribution in [1.82, 2.24) is 19.8 Å². The van der Waals surface area contributed by atoms with Gasteiger partial charge in [-0.05, 0) is 74.9 Å². The zero-order valence-corrected chi connectivity index (χ0v) is 25.2. The van der Waals surface area contributed by atoms with E-state index in [1.54, 1.807) is 13.3 Å². The van der Waals surface area contributed by atoms with Gasteiger partial charge in [-0.25, -0.2) is 14.8 Å². The maximum atomic E-state index is 13.0. The maximum Gasteiger partial charge on any atom is 0.321 e. The molecule has 0 aliphatic carbocycles. The van der Waals surface area contributed by atoms with Gasteiger partial charge in [0.25, 0.3) is 0 Å². The normalized spacial score (nSPS) is 19.0. The lowest BCUT2D eigenvalue weighted by molar-refractivity contribution is -0.130. The third-order valence-electron chi connectivity index (χ3n) is 8.62. The van der Waals surface area contributed by atoms with E-state index in [1.807, 2.05) is 54.0 Å². The van der Waals surface area contributed by atoms with Gasteiger partial charge in [0.05, 0.1) is 17.3 Å². The minimum absolute atomic E-state index is 0.0488. The number of fused-ring (bicyclic) bond motifs is 1. The van der Waals surface area contributed by atoms with Crippen LogP contribution in [0.3, 0.4) is 0 Å². The quantitative estimate of drug-likeness (QED) is 0.386. The van der Waals surface area contributed by atoms with Crippen molar-refractivity contribution < 1.29 is 14.3 Å². The van der Waals surface area contributed by atoms with E-state index in [2.05, 4.69) is 32.3 Å². The van der Waals surface area contributed by atoms with Crippen LogP contribution < -0.4 is 15.0 Å². The summed E-state index contributed by atoms with van der Waals surface area (Å²) in [7, 11) is 0. The van der Waals surface area contributed by atoms with Gasteiger partial charge in [0.2, 0.25) is 5.91 Å². The Bertz CT molecular complexity index is 1350. The van der Waals surface area contributed by atoms with Gasteiger partial charge in [-0.15, -0.1) is 0 Å². The number of hydrogen-bond acceptors (Lipinski definition) is 6. The fourth-order valence-electron chi connectivity index (χ4n) is 6.38. The molecule has 6 rings (SSSR count). The largest absolute Gasteiger partial charge is 0.491 e. The Hall–Kier alpha value is -3.88. The number of rotatable bonds is 6. The molecule has 3 aromatic rings. The Morgan fingerprint density at radius 1 is 0.905 bits per heavy atom. The smallest absolute Gasteiger partial charge is 0.321 e. The van der Waals surface area contributed by atoms with Crippen LogP contribution in [-0.2, 0) is 4.79 Å². The number of carbonyl (C=O) groups is 2. The Morgan fingerprint density at radius 3 is 2.36 bits per heavy atom. The summed E-state index contributed by atoms with van der Waals surface area (Å²) in [6.07, 6.45) is 7.83. The number of urea groups is 1. The van der Waals surface area contributed by atoms with Gasteiger partial charge in [0.1, 0.15) is 18.7 Å². The highest BCUT2D eigenvalue weighted by Gasteiger charge is 2.28. The van der Waals surface area contributed by atoms with E-state index in [9.17, 15) is 9.59 Å². The second-order valence-electron chi connectivity index (χ2n) is 11.2. The van der Waals surface area contributed by atoms with Crippen molar-refractivity contribution in [2.24, 2.45) is 0 Å². The first-order chi connectivity index (χ1) is 20.5. The van der Waals surface area contributed by atoms with Crippen molar-refractivity contribution in [3.63, 3.8) is 0 Å². The lowest BCUT2D eigenvalue weighted by Crippen LogP contribution is -2.40. The van der Waals surface area contributed by atoms with E-state index < -0.39 is 0 Å². The molecule has 1 atom stereocenters. The predicted octanol–water partition coefficient (Wildman–Crippen LogP) is 6.06. The number of benzene rings is 2. The molecule has 0 spiro atoms. The lowest BCUT2D eigenvalue weighted by atomic mass is 9.91. The summed E-state index contributed by atoms with van der Waals surface area (Å²) in [6.45, 7) is 10.5. The van der Waals surface area contributed by atoms with Gasteiger partial charge in [-0.3, -0.25) is 4.79 Å². The van der Waals surface area contributed by atoms with E-state index in [-0.39, 0.29) is 23.9 Å². The highest BCUT2D eigenvalue weighted by Crippen LogP contribution is 2.33. The number of nitrogens with zero attached hydrogens (tertiary/aromatic N) is 5. The summed E-state index contributed by atoms with van der Waals surface area (Å²) in [4.78, 5) is 40.2. The summed E-state index contributed by atoms with van der Waals surface area (Å²) >= 11 is 0. The maximum absolute atomic E-state index is 13.0. The highest BCUT2D eigenvalue weighted by atomic mass is 16.5. The van der Waals surface area contributed by atoms with Gasteiger partial charge >= 0.3 is 6.03 Å². The summed E-state index contributed by atoms with van der Waals surface area (Å²) < 4.78 is 6.08. The summed E-state index contributed by atoms with van der Waals surface area (Å²) in [5.74, 6) is 1.13. The first kappa shape index (κ1) is 29.6. The van der Waals surface area contributed by atoms with Crippen molar-refractivity contribution in [3.8, 4) is 5.75 Å². The first-order valence-corrected chi connectivity index (χ1v) is 15.6. The molecule has 9 heteroatoms. The molecule has 42 heavy (non-hydrogen) atoms. The number of ether oxygens (including phenoxy) is 1. The van der Waals surface area contributed by atoms with Crippen LogP contribution >= 0.6 is 0 Å². The fraction of sp³-hybridized carbons (Fsp3) is 0.515. The molecule has 1 aromatic heterocycles. The van der Waals surface area contributed by atoms with Crippen molar-refractivity contribution in [2.75, 3.05) is 49.5 Å². The summed E-state index contributed by atoms with van der Waals surface area (Å²) in [5.41, 5.74) is 3.94. The van der Waals surface area contributed by atoms with Crippen LogP contribution in [0.25, 0.3) is 10.9 Å². The predicted molar refractivity (Wildman–Crippen MR) is 167 cm³/mol. The molecule has 3 amide bonds. The minimum Gasteiger partial charge on any atom is -0.491 e. The molecular formula is C33H44N6O3. The number of amides is 3. The monoisotopic (exact) mass is 572 g/mol. The molecule has 0 unspecified atom stereocenters. The first-order valence-electron chi connectivity index (χ1n) is 15.6. The number of piperidine rings is 1. The van der Waals surface area contributed by atoms with Crippen LogP contribution in [0.4, 0.5) is 16.2 Å². The van der Waals surface area contributed by atoms with Gasteiger partial charge in [0.15, 0.2) is 0 Å². The second-order valence-corrected chi connectivity index (χ2v) is 11.2. The van der Waals surface area contributed by atoms with E-state index in [0.717, 1.165) is 73.4 Å². The molecule has 3 fully saturated rings. The molecule has 3 aliphatic heterocycles. The highest BCUT2D eigenvalue weighted by molar-refractivity contribution is 5.89. The van der Waals surface area contributed by atoms with Crippen LogP contribution in [-0.4, -0.2) is 77.1 Å². The standard InChI is InChI=1S/C31H38N6O3.C2H6/c1-22(38)37-16-4-5-26(37)20-40-27-10-11-28-29(19-27)32-21-33-30(28)23-12-17-36(18-13-23)31(39)34-24-6-8-25(9-7-24)35-14-2-3-15-35;1-2/h6-11,19,21,23,26H,2-5,12-18,20H2,1H3,(H,34,39);1-2H3/t26-;/m0./s1. The van der Waals surface area contributed by atoms with E-state index in [1.165, 1.54) is 18.5 Å². The van der Waals surface area contributed by atoms with Gasteiger partial charge in [0, 0.05) is 68.4 Å². The SMILES string of the molecule is CC.CC(=O)N1CCC[C@H]1COc1ccc2c(C3CCN(C(=O)Nc4ccc(N5CCCC5)cc4)CC3)ncnc2c1. The molecule has 224 valence electrons. The zero-order valence-electron chi connectivity index (χ0n) is 25.2.